The first-order valence-electron chi connectivity index (χ1n) is 5.10. The topological polar surface area (TPSA) is 15.3 Å². The molecule has 14 heavy (non-hydrogen) atoms. The quantitative estimate of drug-likeness (QED) is 0.700. The molecule has 1 heterocycles. The van der Waals surface area contributed by atoms with E-state index in [1.165, 1.54) is 0 Å². The van der Waals surface area contributed by atoms with Gasteiger partial charge in [-0.05, 0) is 12.8 Å². The lowest BCUT2D eigenvalue weighted by Gasteiger charge is -2.38. The van der Waals surface area contributed by atoms with E-state index in [0.29, 0.717) is 19.1 Å². The first-order chi connectivity index (χ1) is 6.56. The van der Waals surface area contributed by atoms with Crippen molar-refractivity contribution in [1.82, 2.24) is 10.2 Å². The van der Waals surface area contributed by atoms with Crippen molar-refractivity contribution in [3.05, 3.63) is 0 Å². The van der Waals surface area contributed by atoms with Gasteiger partial charge in [-0.1, -0.05) is 6.42 Å². The Hall–Kier alpha value is -0.290. The zero-order valence-corrected chi connectivity index (χ0v) is 7.98. The maximum absolute atomic E-state index is 12.2. The Morgan fingerprint density at radius 3 is 2.79 bits per heavy atom. The number of halogens is 3. The molecule has 0 aromatic heterocycles. The maximum Gasteiger partial charge on any atom is 0.401 e. The molecule has 0 unspecified atom stereocenters. The summed E-state index contributed by atoms with van der Waals surface area (Å²) in [6.45, 7) is 0.480. The molecule has 2 fully saturated rings. The summed E-state index contributed by atoms with van der Waals surface area (Å²) in [6.07, 6.45) is -1.06. The van der Waals surface area contributed by atoms with E-state index < -0.39 is 12.7 Å². The maximum atomic E-state index is 12.2. The third-order valence-electron chi connectivity index (χ3n) is 3.14. The summed E-state index contributed by atoms with van der Waals surface area (Å²) in [7, 11) is 0. The number of alkyl halides is 3. The van der Waals surface area contributed by atoms with Crippen molar-refractivity contribution in [2.75, 3.05) is 19.6 Å². The summed E-state index contributed by atoms with van der Waals surface area (Å²) in [5.74, 6) is 0. The van der Waals surface area contributed by atoms with Gasteiger partial charge < -0.3 is 5.32 Å². The van der Waals surface area contributed by atoms with Gasteiger partial charge in [-0.2, -0.15) is 13.2 Å². The van der Waals surface area contributed by atoms with Crippen molar-refractivity contribution >= 4 is 0 Å². The number of rotatable bonds is 1. The molecule has 0 spiro atoms. The molecule has 1 aliphatic heterocycles. The lowest BCUT2D eigenvalue weighted by molar-refractivity contribution is -0.153. The van der Waals surface area contributed by atoms with Crippen LogP contribution in [0.2, 0.25) is 0 Å². The van der Waals surface area contributed by atoms with E-state index in [1.807, 2.05) is 0 Å². The number of nitrogens with one attached hydrogen (secondary N) is 1. The average molecular weight is 208 g/mol. The van der Waals surface area contributed by atoms with Crippen LogP contribution in [0, 0.1) is 0 Å². The second-order valence-corrected chi connectivity index (χ2v) is 4.14. The van der Waals surface area contributed by atoms with E-state index in [2.05, 4.69) is 5.32 Å². The average Bonchev–Trinajstić information content (AvgIpc) is 2.49. The van der Waals surface area contributed by atoms with Gasteiger partial charge in [0.1, 0.15) is 0 Å². The van der Waals surface area contributed by atoms with Crippen molar-refractivity contribution in [2.24, 2.45) is 0 Å². The molecule has 1 saturated heterocycles. The van der Waals surface area contributed by atoms with Crippen LogP contribution in [0.15, 0.2) is 0 Å². The summed E-state index contributed by atoms with van der Waals surface area (Å²) in [6, 6.07) is 0.413. The Labute approximate surface area is 81.5 Å². The van der Waals surface area contributed by atoms with E-state index in [9.17, 15) is 13.2 Å². The highest BCUT2D eigenvalue weighted by Crippen LogP contribution is 2.29. The zero-order chi connectivity index (χ0) is 10.2. The van der Waals surface area contributed by atoms with E-state index >= 15 is 0 Å². The minimum Gasteiger partial charge on any atom is -0.311 e. The molecule has 0 aromatic carbocycles. The molecule has 1 aliphatic carbocycles. The molecule has 0 radical (unpaired) electrons. The molecular formula is C9H15F3N2. The monoisotopic (exact) mass is 208 g/mol. The molecule has 1 N–H and O–H groups in total. The lowest BCUT2D eigenvalue weighted by Crippen LogP contribution is -2.57. The zero-order valence-electron chi connectivity index (χ0n) is 7.98. The minimum absolute atomic E-state index is 0.116. The molecule has 0 aromatic rings. The number of hydrogen-bond donors (Lipinski definition) is 1. The van der Waals surface area contributed by atoms with Gasteiger partial charge >= 0.3 is 6.18 Å². The van der Waals surface area contributed by atoms with Crippen molar-refractivity contribution in [2.45, 2.75) is 37.5 Å². The number of nitrogens with zero attached hydrogens (tertiary/aromatic N) is 1. The van der Waals surface area contributed by atoms with E-state index in [0.717, 1.165) is 19.3 Å². The SMILES string of the molecule is FC(F)(F)CN1CCN[C@@H]2CCC[C@@H]21. The molecular weight excluding hydrogens is 193 g/mol. The van der Waals surface area contributed by atoms with E-state index in [4.69, 9.17) is 0 Å². The van der Waals surface area contributed by atoms with Crippen LogP contribution in [-0.4, -0.2) is 42.8 Å². The van der Waals surface area contributed by atoms with Crippen LogP contribution in [0.25, 0.3) is 0 Å². The second kappa shape index (κ2) is 3.70. The summed E-state index contributed by atoms with van der Waals surface area (Å²) >= 11 is 0. The van der Waals surface area contributed by atoms with Crippen LogP contribution < -0.4 is 5.32 Å². The molecule has 2 rings (SSSR count). The second-order valence-electron chi connectivity index (χ2n) is 4.14. The molecule has 0 bridgehead atoms. The molecule has 1 saturated carbocycles. The van der Waals surface area contributed by atoms with Crippen molar-refractivity contribution < 1.29 is 13.2 Å². The molecule has 2 aliphatic rings. The van der Waals surface area contributed by atoms with Gasteiger partial charge in [-0.3, -0.25) is 4.90 Å². The van der Waals surface area contributed by atoms with Gasteiger partial charge in [-0.25, -0.2) is 0 Å². The van der Waals surface area contributed by atoms with Crippen LogP contribution in [0.5, 0.6) is 0 Å². The number of fused-ring (bicyclic) bond motifs is 1. The van der Waals surface area contributed by atoms with Crippen LogP contribution in [0.1, 0.15) is 19.3 Å². The third-order valence-corrected chi connectivity index (χ3v) is 3.14. The fourth-order valence-electron chi connectivity index (χ4n) is 2.60. The van der Waals surface area contributed by atoms with Gasteiger partial charge in [0.25, 0.3) is 0 Å². The summed E-state index contributed by atoms with van der Waals surface area (Å²) in [5, 5.41) is 3.29. The molecule has 82 valence electrons. The Balaban J connectivity index is 1.97. The Kier molecular flexibility index (Phi) is 2.70. The molecule has 0 amide bonds. The highest BCUT2D eigenvalue weighted by atomic mass is 19.4. The summed E-state index contributed by atoms with van der Waals surface area (Å²) < 4.78 is 36.7. The molecule has 5 heteroatoms. The highest BCUT2D eigenvalue weighted by Gasteiger charge is 2.40. The predicted octanol–water partition coefficient (Wildman–Crippen LogP) is 1.37. The van der Waals surface area contributed by atoms with Gasteiger partial charge in [0.05, 0.1) is 6.54 Å². The van der Waals surface area contributed by atoms with Crippen molar-refractivity contribution in [3.8, 4) is 0 Å². The normalized spacial score (nSPS) is 34.5. The van der Waals surface area contributed by atoms with Crippen molar-refractivity contribution in [3.63, 3.8) is 0 Å². The Morgan fingerprint density at radius 2 is 2.07 bits per heavy atom. The van der Waals surface area contributed by atoms with Gasteiger partial charge in [0.15, 0.2) is 0 Å². The first-order valence-corrected chi connectivity index (χ1v) is 5.10. The van der Waals surface area contributed by atoms with Gasteiger partial charge in [-0.15, -0.1) is 0 Å². The fourth-order valence-corrected chi connectivity index (χ4v) is 2.60. The minimum atomic E-state index is -4.05. The fraction of sp³-hybridized carbons (Fsp3) is 1.00. The third kappa shape index (κ3) is 2.20. The summed E-state index contributed by atoms with van der Waals surface area (Å²) in [5.41, 5.74) is 0. The first kappa shape index (κ1) is 10.2. The van der Waals surface area contributed by atoms with Crippen LogP contribution >= 0.6 is 0 Å². The highest BCUT2D eigenvalue weighted by molar-refractivity contribution is 4.94. The largest absolute Gasteiger partial charge is 0.401 e. The van der Waals surface area contributed by atoms with Gasteiger partial charge in [0, 0.05) is 25.2 Å². The Morgan fingerprint density at radius 1 is 1.29 bits per heavy atom. The van der Waals surface area contributed by atoms with E-state index in [1.54, 1.807) is 4.90 Å². The smallest absolute Gasteiger partial charge is 0.311 e. The summed E-state index contributed by atoms with van der Waals surface area (Å²) in [4.78, 5) is 1.59. The van der Waals surface area contributed by atoms with E-state index in [-0.39, 0.29) is 6.04 Å². The van der Waals surface area contributed by atoms with Gasteiger partial charge in [0.2, 0.25) is 0 Å². The molecule has 2 nitrogen and oxygen atoms in total. The van der Waals surface area contributed by atoms with Crippen LogP contribution in [-0.2, 0) is 0 Å². The van der Waals surface area contributed by atoms with Crippen LogP contribution in [0.4, 0.5) is 13.2 Å². The van der Waals surface area contributed by atoms with Crippen LogP contribution in [0.3, 0.4) is 0 Å². The standard InChI is InChI=1S/C9H15F3N2/c10-9(11,12)6-14-5-4-13-7-2-1-3-8(7)14/h7-8,13H,1-6H2/t7-,8+/m1/s1. The lowest BCUT2D eigenvalue weighted by atomic mass is 10.1. The Bertz CT molecular complexity index is 205. The number of piperazine rings is 1. The number of hydrogen-bond acceptors (Lipinski definition) is 2. The molecule has 2 atom stereocenters. The predicted molar refractivity (Wildman–Crippen MR) is 47.1 cm³/mol. The van der Waals surface area contributed by atoms with Crippen molar-refractivity contribution in [1.29, 1.82) is 0 Å².